The molecule has 0 saturated heterocycles. The quantitative estimate of drug-likeness (QED) is 0.908. The van der Waals surface area contributed by atoms with Crippen molar-refractivity contribution in [1.82, 2.24) is 0 Å². The fourth-order valence-corrected chi connectivity index (χ4v) is 2.87. The molecule has 2 aromatic rings. The number of nitrogens with one attached hydrogen (secondary N) is 1. The van der Waals surface area contributed by atoms with E-state index in [1.165, 1.54) is 0 Å². The van der Waals surface area contributed by atoms with Gasteiger partial charge in [0.2, 0.25) is 0 Å². The van der Waals surface area contributed by atoms with Gasteiger partial charge in [0.05, 0.1) is 7.11 Å². The number of halogens is 1. The number of hydrogen-bond donors (Lipinski definition) is 1. The number of anilines is 1. The van der Waals surface area contributed by atoms with Crippen molar-refractivity contribution in [3.05, 3.63) is 58.6 Å². The van der Waals surface area contributed by atoms with E-state index >= 15 is 0 Å². The first-order valence-corrected chi connectivity index (χ1v) is 8.64. The van der Waals surface area contributed by atoms with Gasteiger partial charge in [-0.1, -0.05) is 11.6 Å². The second-order valence-corrected chi connectivity index (χ2v) is 6.55. The van der Waals surface area contributed by atoms with Crippen LogP contribution in [0.3, 0.4) is 0 Å². The molecule has 1 N–H and O–H groups in total. The summed E-state index contributed by atoms with van der Waals surface area (Å²) < 4.78 is 16.4. The van der Waals surface area contributed by atoms with Crippen LogP contribution >= 0.6 is 11.6 Å². The van der Waals surface area contributed by atoms with Crippen LogP contribution in [-0.4, -0.2) is 23.5 Å². The SMILES string of the molecule is COc1ccc(C(=O)Nc2ccc(Cl)c(CS(C)=O)c2)cc1. The van der Waals surface area contributed by atoms with Gasteiger partial charge in [-0.2, -0.15) is 0 Å². The molecule has 0 bridgehead atoms. The Bertz CT molecular complexity index is 701. The van der Waals surface area contributed by atoms with Crippen LogP contribution in [0.1, 0.15) is 15.9 Å². The van der Waals surface area contributed by atoms with Crippen LogP contribution in [0, 0.1) is 0 Å². The Morgan fingerprint density at radius 3 is 2.50 bits per heavy atom. The number of carbonyl (C=O) groups is 1. The van der Waals surface area contributed by atoms with Crippen LogP contribution in [0.15, 0.2) is 42.5 Å². The number of ether oxygens (including phenoxy) is 1. The van der Waals surface area contributed by atoms with Gasteiger partial charge in [-0.05, 0) is 48.0 Å². The highest BCUT2D eigenvalue weighted by atomic mass is 35.5. The van der Waals surface area contributed by atoms with Gasteiger partial charge in [0.15, 0.2) is 0 Å². The number of rotatable bonds is 5. The molecule has 0 spiro atoms. The molecule has 0 radical (unpaired) electrons. The molecular formula is C16H16ClNO3S. The van der Waals surface area contributed by atoms with E-state index in [1.54, 1.807) is 55.8 Å². The smallest absolute Gasteiger partial charge is 0.255 e. The average molecular weight is 338 g/mol. The first-order valence-electron chi connectivity index (χ1n) is 6.53. The summed E-state index contributed by atoms with van der Waals surface area (Å²) in [5.41, 5.74) is 1.89. The minimum absolute atomic E-state index is 0.228. The van der Waals surface area contributed by atoms with Crippen molar-refractivity contribution in [3.8, 4) is 5.75 Å². The van der Waals surface area contributed by atoms with Gasteiger partial charge >= 0.3 is 0 Å². The van der Waals surface area contributed by atoms with Crippen LogP contribution in [0.2, 0.25) is 5.02 Å². The van der Waals surface area contributed by atoms with Crippen molar-refractivity contribution >= 4 is 34.0 Å². The maximum atomic E-state index is 12.2. The highest BCUT2D eigenvalue weighted by Crippen LogP contribution is 2.22. The molecule has 0 aliphatic rings. The standard InChI is InChI=1S/C16H16ClNO3S/c1-21-14-6-3-11(4-7-14)16(19)18-13-5-8-15(17)12(9-13)10-22(2)20/h3-9H,10H2,1-2H3,(H,18,19). The van der Waals surface area contributed by atoms with Crippen molar-refractivity contribution in [1.29, 1.82) is 0 Å². The molecule has 0 aromatic heterocycles. The lowest BCUT2D eigenvalue weighted by Gasteiger charge is -2.09. The molecule has 1 amide bonds. The summed E-state index contributed by atoms with van der Waals surface area (Å²) in [6.07, 6.45) is 1.61. The zero-order chi connectivity index (χ0) is 16.1. The normalized spacial score (nSPS) is 11.8. The Kier molecular flexibility index (Phi) is 5.57. The van der Waals surface area contributed by atoms with Gasteiger partial charge in [0.1, 0.15) is 5.75 Å². The zero-order valence-electron chi connectivity index (χ0n) is 12.3. The average Bonchev–Trinajstić information content (AvgIpc) is 2.50. The zero-order valence-corrected chi connectivity index (χ0v) is 13.8. The van der Waals surface area contributed by atoms with Crippen LogP contribution in [0.4, 0.5) is 5.69 Å². The Morgan fingerprint density at radius 1 is 1.23 bits per heavy atom. The highest BCUT2D eigenvalue weighted by Gasteiger charge is 2.09. The molecule has 116 valence electrons. The van der Waals surface area contributed by atoms with E-state index < -0.39 is 10.8 Å². The molecule has 4 nitrogen and oxygen atoms in total. The second kappa shape index (κ2) is 7.42. The number of methoxy groups -OCH3 is 1. The topological polar surface area (TPSA) is 55.4 Å². The Morgan fingerprint density at radius 2 is 1.91 bits per heavy atom. The molecular weight excluding hydrogens is 322 g/mol. The summed E-state index contributed by atoms with van der Waals surface area (Å²) in [5, 5.41) is 3.34. The predicted molar refractivity (Wildman–Crippen MR) is 90.2 cm³/mol. The lowest BCUT2D eigenvalue weighted by Crippen LogP contribution is -2.12. The lowest BCUT2D eigenvalue weighted by atomic mass is 10.2. The summed E-state index contributed by atoms with van der Waals surface area (Å²) in [4.78, 5) is 12.2. The third-order valence-corrected chi connectivity index (χ3v) is 4.10. The van der Waals surface area contributed by atoms with Gasteiger partial charge in [-0.3, -0.25) is 9.00 Å². The summed E-state index contributed by atoms with van der Waals surface area (Å²) in [6.45, 7) is 0. The maximum Gasteiger partial charge on any atom is 0.255 e. The maximum absolute atomic E-state index is 12.2. The van der Waals surface area contributed by atoms with Crippen molar-refractivity contribution in [3.63, 3.8) is 0 Å². The molecule has 0 fully saturated rings. The lowest BCUT2D eigenvalue weighted by molar-refractivity contribution is 0.102. The van der Waals surface area contributed by atoms with Crippen molar-refractivity contribution in [2.45, 2.75) is 5.75 Å². The van der Waals surface area contributed by atoms with E-state index in [0.29, 0.717) is 27.8 Å². The minimum atomic E-state index is -0.999. The van der Waals surface area contributed by atoms with Crippen molar-refractivity contribution in [2.75, 3.05) is 18.7 Å². The third kappa shape index (κ3) is 4.32. The van der Waals surface area contributed by atoms with Crippen LogP contribution < -0.4 is 10.1 Å². The molecule has 2 aromatic carbocycles. The van der Waals surface area contributed by atoms with Crippen LogP contribution in [-0.2, 0) is 16.6 Å². The summed E-state index contributed by atoms with van der Waals surface area (Å²) in [5.74, 6) is 0.815. The molecule has 1 unspecified atom stereocenters. The number of carbonyl (C=O) groups excluding carboxylic acids is 1. The van der Waals surface area contributed by atoms with E-state index in [0.717, 1.165) is 5.56 Å². The molecule has 2 rings (SSSR count). The van der Waals surface area contributed by atoms with E-state index in [-0.39, 0.29) is 5.91 Å². The Hall–Kier alpha value is -1.85. The molecule has 6 heteroatoms. The first-order chi connectivity index (χ1) is 10.5. The van der Waals surface area contributed by atoms with Gasteiger partial charge in [-0.15, -0.1) is 0 Å². The van der Waals surface area contributed by atoms with E-state index in [9.17, 15) is 9.00 Å². The summed E-state index contributed by atoms with van der Waals surface area (Å²) in [7, 11) is 0.573. The monoisotopic (exact) mass is 337 g/mol. The highest BCUT2D eigenvalue weighted by molar-refractivity contribution is 7.83. The third-order valence-electron chi connectivity index (χ3n) is 3.01. The number of amides is 1. The second-order valence-electron chi connectivity index (χ2n) is 4.71. The fourth-order valence-electron chi connectivity index (χ4n) is 1.93. The molecule has 0 saturated carbocycles. The minimum Gasteiger partial charge on any atom is -0.497 e. The molecule has 1 atom stereocenters. The van der Waals surface area contributed by atoms with Gasteiger partial charge in [0, 0.05) is 39.1 Å². The fraction of sp³-hybridized carbons (Fsp3) is 0.188. The number of hydrogen-bond acceptors (Lipinski definition) is 3. The van der Waals surface area contributed by atoms with Gasteiger partial charge in [0.25, 0.3) is 5.91 Å². The number of benzene rings is 2. The van der Waals surface area contributed by atoms with Crippen molar-refractivity contribution in [2.24, 2.45) is 0 Å². The molecule has 0 aliphatic carbocycles. The van der Waals surface area contributed by atoms with Crippen LogP contribution in [0.25, 0.3) is 0 Å². The largest absolute Gasteiger partial charge is 0.497 e. The molecule has 22 heavy (non-hydrogen) atoms. The molecule has 0 aliphatic heterocycles. The van der Waals surface area contributed by atoms with E-state index in [4.69, 9.17) is 16.3 Å². The summed E-state index contributed by atoms with van der Waals surface area (Å²) >= 11 is 6.07. The first kappa shape index (κ1) is 16.5. The Balaban J connectivity index is 2.15. The van der Waals surface area contributed by atoms with Gasteiger partial charge < -0.3 is 10.1 Å². The van der Waals surface area contributed by atoms with E-state index in [2.05, 4.69) is 5.32 Å². The van der Waals surface area contributed by atoms with Crippen molar-refractivity contribution < 1.29 is 13.7 Å². The van der Waals surface area contributed by atoms with Crippen LogP contribution in [0.5, 0.6) is 5.75 Å². The molecule has 0 heterocycles. The van der Waals surface area contributed by atoms with Gasteiger partial charge in [-0.25, -0.2) is 0 Å². The summed E-state index contributed by atoms with van der Waals surface area (Å²) in [6, 6.07) is 12.0. The predicted octanol–water partition coefficient (Wildman–Crippen LogP) is 3.48. The van der Waals surface area contributed by atoms with E-state index in [1.807, 2.05) is 0 Å². The Labute approximate surface area is 136 Å².